The normalized spacial score (nSPS) is 16.7. The number of nitrogens with zero attached hydrogens (tertiary/aromatic N) is 1. The molecule has 0 unspecified atom stereocenters. The maximum absolute atomic E-state index is 5.52. The molecule has 0 amide bonds. The minimum Gasteiger partial charge on any atom is -0.369 e. The molecule has 1 heterocycles. The predicted molar refractivity (Wildman–Crippen MR) is 64.3 cm³/mol. The summed E-state index contributed by atoms with van der Waals surface area (Å²) in [5.74, 6) is 0. The van der Waals surface area contributed by atoms with Gasteiger partial charge in [-0.2, -0.15) is 0 Å². The van der Waals surface area contributed by atoms with Crippen molar-refractivity contribution in [1.82, 2.24) is 5.32 Å². The van der Waals surface area contributed by atoms with Gasteiger partial charge in [-0.3, -0.25) is 0 Å². The van der Waals surface area contributed by atoms with Gasteiger partial charge in [-0.15, -0.1) is 0 Å². The average molecular weight is 205 g/mol. The highest BCUT2D eigenvalue weighted by Gasteiger charge is 2.09. The van der Waals surface area contributed by atoms with Crippen LogP contribution in [-0.2, 0) is 6.42 Å². The molecule has 1 aromatic carbocycles. The third-order valence-electron chi connectivity index (χ3n) is 2.85. The molecule has 0 aromatic heterocycles. The van der Waals surface area contributed by atoms with E-state index in [9.17, 15) is 0 Å². The van der Waals surface area contributed by atoms with Crippen LogP contribution in [0.15, 0.2) is 24.3 Å². The van der Waals surface area contributed by atoms with Gasteiger partial charge in [0.2, 0.25) is 0 Å². The summed E-state index contributed by atoms with van der Waals surface area (Å²) in [5.41, 5.74) is 8.18. The maximum atomic E-state index is 5.52. The molecule has 0 radical (unpaired) electrons. The highest BCUT2D eigenvalue weighted by atomic mass is 15.2. The Morgan fingerprint density at radius 1 is 1.13 bits per heavy atom. The van der Waals surface area contributed by atoms with Crippen molar-refractivity contribution in [3.63, 3.8) is 0 Å². The Morgan fingerprint density at radius 3 is 2.40 bits per heavy atom. The van der Waals surface area contributed by atoms with Gasteiger partial charge in [-0.05, 0) is 30.7 Å². The largest absolute Gasteiger partial charge is 0.369 e. The Hall–Kier alpha value is -1.06. The zero-order valence-corrected chi connectivity index (χ0v) is 9.08. The van der Waals surface area contributed by atoms with Crippen LogP contribution in [0.3, 0.4) is 0 Å². The minimum atomic E-state index is 0.729. The Labute approximate surface area is 91.3 Å². The van der Waals surface area contributed by atoms with E-state index >= 15 is 0 Å². The summed E-state index contributed by atoms with van der Waals surface area (Å²) in [7, 11) is 0. The third kappa shape index (κ3) is 2.70. The van der Waals surface area contributed by atoms with E-state index in [4.69, 9.17) is 5.73 Å². The number of rotatable bonds is 3. The average Bonchev–Trinajstić information content (AvgIpc) is 2.32. The molecule has 1 fully saturated rings. The van der Waals surface area contributed by atoms with Gasteiger partial charge in [0.1, 0.15) is 0 Å². The van der Waals surface area contributed by atoms with E-state index in [1.54, 1.807) is 0 Å². The van der Waals surface area contributed by atoms with Crippen LogP contribution in [0.2, 0.25) is 0 Å². The van der Waals surface area contributed by atoms with Crippen molar-refractivity contribution in [1.29, 1.82) is 0 Å². The van der Waals surface area contributed by atoms with Gasteiger partial charge in [0.25, 0.3) is 0 Å². The fourth-order valence-electron chi connectivity index (χ4n) is 1.96. The molecule has 3 nitrogen and oxygen atoms in total. The number of benzene rings is 1. The zero-order valence-electron chi connectivity index (χ0n) is 9.08. The minimum absolute atomic E-state index is 0.729. The SMILES string of the molecule is NCCc1ccc(N2CCNCC2)cc1. The van der Waals surface area contributed by atoms with Crippen molar-refractivity contribution in [3.05, 3.63) is 29.8 Å². The second-order valence-electron chi connectivity index (χ2n) is 3.94. The number of nitrogens with one attached hydrogen (secondary N) is 1. The Kier molecular flexibility index (Phi) is 3.59. The quantitative estimate of drug-likeness (QED) is 0.759. The molecule has 0 bridgehead atoms. The fourth-order valence-corrected chi connectivity index (χ4v) is 1.96. The first-order valence-corrected chi connectivity index (χ1v) is 5.65. The number of piperazine rings is 1. The van der Waals surface area contributed by atoms with Gasteiger partial charge in [0.05, 0.1) is 0 Å². The molecule has 2 rings (SSSR count). The van der Waals surface area contributed by atoms with Gasteiger partial charge in [0, 0.05) is 31.9 Å². The van der Waals surface area contributed by atoms with Crippen molar-refractivity contribution in [2.45, 2.75) is 6.42 Å². The molecule has 3 heteroatoms. The van der Waals surface area contributed by atoms with Crippen LogP contribution in [0.1, 0.15) is 5.56 Å². The molecule has 0 aliphatic carbocycles. The number of hydrogen-bond acceptors (Lipinski definition) is 3. The molecule has 15 heavy (non-hydrogen) atoms. The Bertz CT molecular complexity index is 288. The van der Waals surface area contributed by atoms with E-state index in [2.05, 4.69) is 34.5 Å². The summed E-state index contributed by atoms with van der Waals surface area (Å²) in [5, 5.41) is 3.36. The fraction of sp³-hybridized carbons (Fsp3) is 0.500. The van der Waals surface area contributed by atoms with Crippen LogP contribution in [-0.4, -0.2) is 32.7 Å². The highest BCUT2D eigenvalue weighted by Crippen LogP contribution is 2.15. The molecule has 1 aromatic rings. The third-order valence-corrected chi connectivity index (χ3v) is 2.85. The number of hydrogen-bond donors (Lipinski definition) is 2. The summed E-state index contributed by atoms with van der Waals surface area (Å²) in [4.78, 5) is 2.42. The lowest BCUT2D eigenvalue weighted by Crippen LogP contribution is -2.43. The van der Waals surface area contributed by atoms with Crippen LogP contribution >= 0.6 is 0 Å². The van der Waals surface area contributed by atoms with Crippen molar-refractivity contribution in [3.8, 4) is 0 Å². The monoisotopic (exact) mass is 205 g/mol. The van der Waals surface area contributed by atoms with E-state index in [0.29, 0.717) is 0 Å². The van der Waals surface area contributed by atoms with Gasteiger partial charge < -0.3 is 16.0 Å². The molecular formula is C12H19N3. The van der Waals surface area contributed by atoms with Crippen LogP contribution < -0.4 is 16.0 Å². The van der Waals surface area contributed by atoms with Crippen LogP contribution in [0.5, 0.6) is 0 Å². The van der Waals surface area contributed by atoms with Crippen molar-refractivity contribution in [2.24, 2.45) is 5.73 Å². The van der Waals surface area contributed by atoms with Crippen LogP contribution in [0.25, 0.3) is 0 Å². The molecule has 3 N–H and O–H groups in total. The van der Waals surface area contributed by atoms with Crippen molar-refractivity contribution >= 4 is 5.69 Å². The maximum Gasteiger partial charge on any atom is 0.0367 e. The smallest absolute Gasteiger partial charge is 0.0367 e. The number of anilines is 1. The topological polar surface area (TPSA) is 41.3 Å². The lowest BCUT2D eigenvalue weighted by atomic mass is 10.1. The number of nitrogens with two attached hydrogens (primary N) is 1. The summed E-state index contributed by atoms with van der Waals surface area (Å²) >= 11 is 0. The summed E-state index contributed by atoms with van der Waals surface area (Å²) in [6.07, 6.45) is 0.974. The summed E-state index contributed by atoms with van der Waals surface area (Å²) < 4.78 is 0. The van der Waals surface area contributed by atoms with E-state index in [-0.39, 0.29) is 0 Å². The first-order valence-electron chi connectivity index (χ1n) is 5.65. The zero-order chi connectivity index (χ0) is 10.5. The predicted octanol–water partition coefficient (Wildman–Crippen LogP) is 0.597. The van der Waals surface area contributed by atoms with E-state index < -0.39 is 0 Å². The first-order chi connectivity index (χ1) is 7.40. The molecular weight excluding hydrogens is 186 g/mol. The lowest BCUT2D eigenvalue weighted by molar-refractivity contribution is 0.589. The van der Waals surface area contributed by atoms with Gasteiger partial charge in [-0.25, -0.2) is 0 Å². The Morgan fingerprint density at radius 2 is 1.80 bits per heavy atom. The molecule has 82 valence electrons. The van der Waals surface area contributed by atoms with E-state index in [1.807, 2.05) is 0 Å². The molecule has 1 saturated heterocycles. The standard InChI is InChI=1S/C12H19N3/c13-6-5-11-1-3-12(4-2-11)15-9-7-14-8-10-15/h1-4,14H,5-10,13H2. The van der Waals surface area contributed by atoms with Crippen LogP contribution in [0, 0.1) is 0 Å². The van der Waals surface area contributed by atoms with E-state index in [0.717, 1.165) is 39.1 Å². The molecule has 0 saturated carbocycles. The second-order valence-corrected chi connectivity index (χ2v) is 3.94. The molecule has 1 aliphatic rings. The Balaban J connectivity index is 2.02. The summed E-state index contributed by atoms with van der Waals surface area (Å²) in [6.45, 7) is 5.12. The van der Waals surface area contributed by atoms with E-state index in [1.165, 1.54) is 11.3 Å². The second kappa shape index (κ2) is 5.14. The summed E-state index contributed by atoms with van der Waals surface area (Å²) in [6, 6.07) is 8.78. The van der Waals surface area contributed by atoms with Gasteiger partial charge in [0.15, 0.2) is 0 Å². The van der Waals surface area contributed by atoms with Gasteiger partial charge in [-0.1, -0.05) is 12.1 Å². The first kappa shape index (κ1) is 10.5. The highest BCUT2D eigenvalue weighted by molar-refractivity contribution is 5.48. The van der Waals surface area contributed by atoms with Crippen molar-refractivity contribution in [2.75, 3.05) is 37.6 Å². The molecule has 0 atom stereocenters. The van der Waals surface area contributed by atoms with Crippen molar-refractivity contribution < 1.29 is 0 Å². The lowest BCUT2D eigenvalue weighted by Gasteiger charge is -2.29. The molecule has 1 aliphatic heterocycles. The molecule has 0 spiro atoms. The van der Waals surface area contributed by atoms with Gasteiger partial charge >= 0.3 is 0 Å². The van der Waals surface area contributed by atoms with Crippen LogP contribution in [0.4, 0.5) is 5.69 Å².